The normalized spacial score (nSPS) is 12.7. The third-order valence-electron chi connectivity index (χ3n) is 3.66. The van der Waals surface area contributed by atoms with Crippen molar-refractivity contribution in [2.24, 2.45) is 0 Å². The highest BCUT2D eigenvalue weighted by Crippen LogP contribution is 2.28. The number of benzene rings is 2. The van der Waals surface area contributed by atoms with Gasteiger partial charge < -0.3 is 13.7 Å². The molecule has 30 heavy (non-hydrogen) atoms. The van der Waals surface area contributed by atoms with Crippen molar-refractivity contribution in [3.05, 3.63) is 53.1 Å². The van der Waals surface area contributed by atoms with Gasteiger partial charge in [-0.2, -0.15) is 8.42 Å². The fourth-order valence-electron chi connectivity index (χ4n) is 2.47. The molecule has 1 unspecified atom stereocenters. The number of aryl methyl sites for hydroxylation is 1. The largest absolute Gasteiger partial charge is 0.470 e. The maximum Gasteiger partial charge on any atom is 0.410 e. The minimum absolute atomic E-state index is 0.0641. The van der Waals surface area contributed by atoms with Gasteiger partial charge in [-0.1, -0.05) is 30.7 Å². The van der Waals surface area contributed by atoms with Crippen molar-refractivity contribution < 1.29 is 26.9 Å². The molecule has 2 aromatic rings. The smallest absolute Gasteiger partial charge is 0.410 e. The Morgan fingerprint density at radius 3 is 2.37 bits per heavy atom. The fourth-order valence-corrected chi connectivity index (χ4v) is 3.88. The Morgan fingerprint density at radius 2 is 1.77 bits per heavy atom. The molecule has 0 heterocycles. The lowest BCUT2D eigenvalue weighted by molar-refractivity contribution is 0.0389. The third-order valence-corrected chi connectivity index (χ3v) is 5.41. The first kappa shape index (κ1) is 23.8. The number of halogens is 1. The van der Waals surface area contributed by atoms with E-state index in [1.54, 1.807) is 52.0 Å². The molecule has 1 amide bonds. The van der Waals surface area contributed by atoms with E-state index in [1.165, 1.54) is 18.2 Å². The van der Waals surface area contributed by atoms with Crippen LogP contribution in [0, 0.1) is 6.92 Å². The minimum atomic E-state index is -4.13. The van der Waals surface area contributed by atoms with Crippen molar-refractivity contribution in [1.82, 2.24) is 5.32 Å². The molecule has 0 saturated carbocycles. The highest BCUT2D eigenvalue weighted by molar-refractivity contribution is 7.87. The van der Waals surface area contributed by atoms with Crippen LogP contribution in [0.25, 0.3) is 0 Å². The Hall–Kier alpha value is -2.45. The van der Waals surface area contributed by atoms with E-state index in [0.29, 0.717) is 17.7 Å². The van der Waals surface area contributed by atoms with Crippen LogP contribution in [-0.2, 0) is 14.9 Å². The molecule has 1 atom stereocenters. The molecule has 9 heteroatoms. The van der Waals surface area contributed by atoms with Gasteiger partial charge in [0.1, 0.15) is 22.0 Å². The number of rotatable bonds is 7. The first-order chi connectivity index (χ1) is 13.9. The van der Waals surface area contributed by atoms with Crippen LogP contribution in [0.15, 0.2) is 47.4 Å². The molecule has 0 saturated heterocycles. The summed E-state index contributed by atoms with van der Waals surface area (Å²) < 4.78 is 41.4. The standard InChI is InChI=1S/C21H26ClNO6S/c1-6-19(23-20(24)28-21(3,4)5)27-15-11-14(2)12-16(13-15)29-30(25,26)18-10-8-7-9-17(18)22/h7-13,19H,6H2,1-5H3,(H,23,24). The maximum absolute atomic E-state index is 12.6. The van der Waals surface area contributed by atoms with Crippen LogP contribution in [0.4, 0.5) is 4.79 Å². The number of carbonyl (C=O) groups excluding carboxylic acids is 1. The second-order valence-electron chi connectivity index (χ2n) is 7.61. The maximum atomic E-state index is 12.6. The predicted octanol–water partition coefficient (Wildman–Crippen LogP) is 5.06. The predicted molar refractivity (Wildman–Crippen MR) is 115 cm³/mol. The molecule has 0 aliphatic rings. The zero-order chi connectivity index (χ0) is 22.5. The van der Waals surface area contributed by atoms with Gasteiger partial charge in [0.25, 0.3) is 0 Å². The zero-order valence-electron chi connectivity index (χ0n) is 17.6. The van der Waals surface area contributed by atoms with Crippen molar-refractivity contribution in [2.75, 3.05) is 0 Å². The van der Waals surface area contributed by atoms with Gasteiger partial charge in [-0.05, 0) is 57.5 Å². The number of hydrogen-bond donors (Lipinski definition) is 1. The molecule has 7 nitrogen and oxygen atoms in total. The van der Waals surface area contributed by atoms with Gasteiger partial charge in [0.05, 0.1) is 5.02 Å². The van der Waals surface area contributed by atoms with Crippen LogP contribution < -0.4 is 14.2 Å². The molecule has 0 spiro atoms. The van der Waals surface area contributed by atoms with E-state index in [1.807, 2.05) is 6.92 Å². The summed E-state index contributed by atoms with van der Waals surface area (Å²) in [5.41, 5.74) is 0.0729. The summed E-state index contributed by atoms with van der Waals surface area (Å²) in [4.78, 5) is 11.9. The van der Waals surface area contributed by atoms with Gasteiger partial charge in [-0.15, -0.1) is 0 Å². The van der Waals surface area contributed by atoms with Crippen LogP contribution in [0.3, 0.4) is 0 Å². The van der Waals surface area contributed by atoms with Crippen LogP contribution in [0.5, 0.6) is 11.5 Å². The summed E-state index contributed by atoms with van der Waals surface area (Å²) in [5.74, 6) is 0.402. The molecule has 164 valence electrons. The average Bonchev–Trinajstić information content (AvgIpc) is 2.58. The highest BCUT2D eigenvalue weighted by Gasteiger charge is 2.22. The van der Waals surface area contributed by atoms with Crippen LogP contribution >= 0.6 is 11.6 Å². The van der Waals surface area contributed by atoms with Crippen LogP contribution in [0.2, 0.25) is 5.02 Å². The highest BCUT2D eigenvalue weighted by atomic mass is 35.5. The Labute approximate surface area is 182 Å². The SMILES string of the molecule is CCC(NC(=O)OC(C)(C)C)Oc1cc(C)cc(OS(=O)(=O)c2ccccc2Cl)c1. The molecule has 0 aliphatic carbocycles. The number of amides is 1. The van der Waals surface area contributed by atoms with E-state index in [-0.39, 0.29) is 15.7 Å². The average molecular weight is 456 g/mol. The van der Waals surface area contributed by atoms with E-state index in [4.69, 9.17) is 25.3 Å². The van der Waals surface area contributed by atoms with E-state index in [0.717, 1.165) is 0 Å². The summed E-state index contributed by atoms with van der Waals surface area (Å²) >= 11 is 5.98. The Morgan fingerprint density at radius 1 is 1.13 bits per heavy atom. The van der Waals surface area contributed by atoms with Gasteiger partial charge in [0, 0.05) is 12.5 Å². The number of hydrogen-bond acceptors (Lipinski definition) is 6. The second kappa shape index (κ2) is 9.57. The molecule has 2 aromatic carbocycles. The van der Waals surface area contributed by atoms with Crippen molar-refractivity contribution in [3.63, 3.8) is 0 Å². The van der Waals surface area contributed by atoms with Crippen molar-refractivity contribution in [3.8, 4) is 11.5 Å². The molecule has 0 bridgehead atoms. The van der Waals surface area contributed by atoms with E-state index >= 15 is 0 Å². The summed E-state index contributed by atoms with van der Waals surface area (Å²) in [7, 11) is -4.13. The molecule has 0 aromatic heterocycles. The molecule has 2 rings (SSSR count). The van der Waals surface area contributed by atoms with E-state index in [2.05, 4.69) is 5.32 Å². The Bertz CT molecular complexity index is 1000. The van der Waals surface area contributed by atoms with E-state index in [9.17, 15) is 13.2 Å². The summed E-state index contributed by atoms with van der Waals surface area (Å²) in [5, 5.41) is 2.70. The van der Waals surface area contributed by atoms with Crippen LogP contribution in [0.1, 0.15) is 39.7 Å². The van der Waals surface area contributed by atoms with Gasteiger partial charge in [-0.3, -0.25) is 5.32 Å². The molecular formula is C21H26ClNO6S. The van der Waals surface area contributed by atoms with Crippen molar-refractivity contribution >= 4 is 27.8 Å². The number of carbonyl (C=O) groups is 1. The monoisotopic (exact) mass is 455 g/mol. The lowest BCUT2D eigenvalue weighted by Crippen LogP contribution is -2.41. The summed E-state index contributed by atoms with van der Waals surface area (Å²) in [6.45, 7) is 8.88. The fraction of sp³-hybridized carbons (Fsp3) is 0.381. The first-order valence-corrected chi connectivity index (χ1v) is 11.1. The van der Waals surface area contributed by atoms with Gasteiger partial charge in [0.15, 0.2) is 6.23 Å². The molecule has 1 N–H and O–H groups in total. The van der Waals surface area contributed by atoms with Crippen molar-refractivity contribution in [1.29, 1.82) is 0 Å². The first-order valence-electron chi connectivity index (χ1n) is 9.36. The molecule has 0 aliphatic heterocycles. The number of nitrogens with one attached hydrogen (secondary N) is 1. The van der Waals surface area contributed by atoms with Crippen LogP contribution in [-0.4, -0.2) is 26.3 Å². The molecule has 0 fully saturated rings. The lowest BCUT2D eigenvalue weighted by Gasteiger charge is -2.24. The topological polar surface area (TPSA) is 90.9 Å². The minimum Gasteiger partial charge on any atom is -0.470 e. The quantitative estimate of drug-likeness (QED) is 0.463. The Kier molecular flexibility index (Phi) is 7.60. The lowest BCUT2D eigenvalue weighted by atomic mass is 10.2. The third kappa shape index (κ3) is 7.11. The molecular weight excluding hydrogens is 430 g/mol. The second-order valence-corrected chi connectivity index (χ2v) is 9.53. The summed E-state index contributed by atoms with van der Waals surface area (Å²) in [6.07, 6.45) is -0.823. The van der Waals surface area contributed by atoms with Gasteiger partial charge in [-0.25, -0.2) is 4.79 Å². The van der Waals surface area contributed by atoms with E-state index < -0.39 is 28.0 Å². The summed E-state index contributed by atoms with van der Waals surface area (Å²) in [6, 6.07) is 10.7. The Balaban J connectivity index is 2.18. The zero-order valence-corrected chi connectivity index (χ0v) is 19.1. The van der Waals surface area contributed by atoms with Crippen molar-refractivity contribution in [2.45, 2.75) is 57.8 Å². The number of ether oxygens (including phenoxy) is 2. The molecule has 0 radical (unpaired) electrons. The van der Waals surface area contributed by atoms with Gasteiger partial charge in [0.2, 0.25) is 0 Å². The number of alkyl carbamates (subject to hydrolysis) is 1. The van der Waals surface area contributed by atoms with Gasteiger partial charge >= 0.3 is 16.2 Å².